The number of piperidine rings is 1. The SMILES string of the molecule is O=[N+]([O-])c1ccc(NC2CCNC3(CCC3)C2)cc1I. The first-order chi connectivity index (χ1) is 9.58. The second kappa shape index (κ2) is 5.48. The molecule has 1 aromatic rings. The summed E-state index contributed by atoms with van der Waals surface area (Å²) in [7, 11) is 0. The van der Waals surface area contributed by atoms with Crippen LogP contribution in [-0.4, -0.2) is 23.0 Å². The number of nitro benzene ring substituents is 1. The van der Waals surface area contributed by atoms with Crippen LogP contribution in [0.3, 0.4) is 0 Å². The van der Waals surface area contributed by atoms with Gasteiger partial charge in [-0.1, -0.05) is 0 Å². The molecule has 3 rings (SSSR count). The molecule has 1 aromatic carbocycles. The fourth-order valence-electron chi connectivity index (χ4n) is 3.25. The molecule has 1 atom stereocenters. The van der Waals surface area contributed by atoms with Gasteiger partial charge in [-0.2, -0.15) is 0 Å². The molecule has 0 bridgehead atoms. The standard InChI is InChI=1S/C14H18IN3O2/c15-12-8-10(2-3-13(12)18(19)20)17-11-4-7-16-14(9-11)5-1-6-14/h2-3,8,11,16-17H,1,4-7,9H2. The number of nitro groups is 1. The Hall–Kier alpha value is -0.890. The van der Waals surface area contributed by atoms with E-state index in [1.165, 1.54) is 19.3 Å². The lowest BCUT2D eigenvalue weighted by Crippen LogP contribution is -2.58. The zero-order valence-corrected chi connectivity index (χ0v) is 13.4. The summed E-state index contributed by atoms with van der Waals surface area (Å²) < 4.78 is 0.685. The Kier molecular flexibility index (Phi) is 3.85. The number of nitrogens with one attached hydrogen (secondary N) is 2. The number of hydrogen-bond donors (Lipinski definition) is 2. The summed E-state index contributed by atoms with van der Waals surface area (Å²) in [5.41, 5.74) is 1.53. The maximum absolute atomic E-state index is 10.8. The monoisotopic (exact) mass is 387 g/mol. The summed E-state index contributed by atoms with van der Waals surface area (Å²) >= 11 is 2.03. The summed E-state index contributed by atoms with van der Waals surface area (Å²) in [6, 6.07) is 5.74. The summed E-state index contributed by atoms with van der Waals surface area (Å²) in [4.78, 5) is 10.5. The minimum atomic E-state index is -0.334. The lowest BCUT2D eigenvalue weighted by Gasteiger charge is -2.48. The molecule has 1 saturated heterocycles. The number of benzene rings is 1. The number of halogens is 1. The highest BCUT2D eigenvalue weighted by Crippen LogP contribution is 2.39. The van der Waals surface area contributed by atoms with E-state index in [-0.39, 0.29) is 10.6 Å². The molecule has 2 aliphatic rings. The summed E-state index contributed by atoms with van der Waals surface area (Å²) in [6.45, 7) is 1.06. The molecular formula is C14H18IN3O2. The van der Waals surface area contributed by atoms with Crippen LogP contribution in [0.2, 0.25) is 0 Å². The van der Waals surface area contributed by atoms with E-state index >= 15 is 0 Å². The van der Waals surface area contributed by atoms with Crippen molar-refractivity contribution in [2.45, 2.75) is 43.7 Å². The Balaban J connectivity index is 1.68. The fraction of sp³-hybridized carbons (Fsp3) is 0.571. The average Bonchev–Trinajstić information content (AvgIpc) is 2.37. The predicted octanol–water partition coefficient (Wildman–Crippen LogP) is 3.29. The van der Waals surface area contributed by atoms with Crippen molar-refractivity contribution in [3.8, 4) is 0 Å². The van der Waals surface area contributed by atoms with E-state index in [4.69, 9.17) is 0 Å². The molecule has 1 aliphatic carbocycles. The lowest BCUT2D eigenvalue weighted by molar-refractivity contribution is -0.385. The van der Waals surface area contributed by atoms with Crippen LogP contribution in [0.5, 0.6) is 0 Å². The van der Waals surface area contributed by atoms with E-state index in [2.05, 4.69) is 10.6 Å². The number of hydrogen-bond acceptors (Lipinski definition) is 4. The van der Waals surface area contributed by atoms with Gasteiger partial charge in [-0.05, 0) is 73.4 Å². The van der Waals surface area contributed by atoms with Crippen LogP contribution < -0.4 is 10.6 Å². The van der Waals surface area contributed by atoms with Gasteiger partial charge >= 0.3 is 0 Å². The first kappa shape index (κ1) is 14.1. The van der Waals surface area contributed by atoms with Crippen molar-refractivity contribution in [2.24, 2.45) is 0 Å². The largest absolute Gasteiger partial charge is 0.382 e. The summed E-state index contributed by atoms with van der Waals surface area (Å²) in [5.74, 6) is 0. The first-order valence-electron chi connectivity index (χ1n) is 7.04. The Morgan fingerprint density at radius 2 is 2.25 bits per heavy atom. The normalized spacial score (nSPS) is 24.1. The molecule has 5 nitrogen and oxygen atoms in total. The van der Waals surface area contributed by atoms with Crippen molar-refractivity contribution in [1.82, 2.24) is 5.32 Å². The lowest BCUT2D eigenvalue weighted by atomic mass is 9.70. The Morgan fingerprint density at radius 1 is 1.45 bits per heavy atom. The second-order valence-corrected chi connectivity index (χ2v) is 6.98. The predicted molar refractivity (Wildman–Crippen MR) is 87.0 cm³/mol. The van der Waals surface area contributed by atoms with Gasteiger partial charge in [0.25, 0.3) is 5.69 Å². The molecule has 108 valence electrons. The van der Waals surface area contributed by atoms with Gasteiger partial charge in [-0.15, -0.1) is 0 Å². The summed E-state index contributed by atoms with van der Waals surface area (Å²) in [6.07, 6.45) is 6.15. The number of anilines is 1. The summed E-state index contributed by atoms with van der Waals surface area (Å²) in [5, 5.41) is 18.0. The van der Waals surface area contributed by atoms with Gasteiger partial charge in [0.05, 0.1) is 8.49 Å². The molecule has 0 aromatic heterocycles. The highest BCUT2D eigenvalue weighted by molar-refractivity contribution is 14.1. The third kappa shape index (κ3) is 2.76. The highest BCUT2D eigenvalue weighted by atomic mass is 127. The fourth-order valence-corrected chi connectivity index (χ4v) is 3.96. The number of nitrogens with zero attached hydrogens (tertiary/aromatic N) is 1. The van der Waals surface area contributed by atoms with Crippen LogP contribution >= 0.6 is 22.6 Å². The van der Waals surface area contributed by atoms with Crippen LogP contribution in [0.1, 0.15) is 32.1 Å². The molecule has 0 amide bonds. The van der Waals surface area contributed by atoms with Crippen molar-refractivity contribution in [2.75, 3.05) is 11.9 Å². The molecule has 1 heterocycles. The van der Waals surface area contributed by atoms with Gasteiger partial charge in [0.15, 0.2) is 0 Å². The zero-order chi connectivity index (χ0) is 14.2. The Bertz CT molecular complexity index is 531. The third-order valence-electron chi connectivity index (χ3n) is 4.46. The van der Waals surface area contributed by atoms with E-state index in [9.17, 15) is 10.1 Å². The van der Waals surface area contributed by atoms with E-state index in [0.29, 0.717) is 15.2 Å². The van der Waals surface area contributed by atoms with Crippen LogP contribution in [0.25, 0.3) is 0 Å². The van der Waals surface area contributed by atoms with E-state index in [1.54, 1.807) is 6.07 Å². The van der Waals surface area contributed by atoms with E-state index in [0.717, 1.165) is 25.1 Å². The first-order valence-corrected chi connectivity index (χ1v) is 8.11. The Morgan fingerprint density at radius 3 is 2.85 bits per heavy atom. The molecule has 1 unspecified atom stereocenters. The maximum Gasteiger partial charge on any atom is 0.282 e. The van der Waals surface area contributed by atoms with Crippen molar-refractivity contribution in [3.05, 3.63) is 31.9 Å². The topological polar surface area (TPSA) is 67.2 Å². The number of rotatable bonds is 3. The molecule has 2 N–H and O–H groups in total. The van der Waals surface area contributed by atoms with E-state index < -0.39 is 0 Å². The highest BCUT2D eigenvalue weighted by Gasteiger charge is 2.40. The molecule has 20 heavy (non-hydrogen) atoms. The van der Waals surface area contributed by atoms with Gasteiger partial charge in [-0.25, -0.2) is 0 Å². The molecule has 0 radical (unpaired) electrons. The Labute approximate surface area is 131 Å². The quantitative estimate of drug-likeness (QED) is 0.475. The molecule has 1 saturated carbocycles. The van der Waals surface area contributed by atoms with Crippen LogP contribution in [-0.2, 0) is 0 Å². The smallest absolute Gasteiger partial charge is 0.282 e. The molecule has 1 spiro atoms. The van der Waals surface area contributed by atoms with Gasteiger partial charge in [0, 0.05) is 23.3 Å². The average molecular weight is 387 g/mol. The van der Waals surface area contributed by atoms with Gasteiger partial charge in [0.2, 0.25) is 0 Å². The second-order valence-electron chi connectivity index (χ2n) is 5.82. The zero-order valence-electron chi connectivity index (χ0n) is 11.2. The minimum absolute atomic E-state index is 0.178. The van der Waals surface area contributed by atoms with Gasteiger partial charge < -0.3 is 10.6 Å². The maximum atomic E-state index is 10.8. The van der Waals surface area contributed by atoms with Crippen LogP contribution in [0.15, 0.2) is 18.2 Å². The molecular weight excluding hydrogens is 369 g/mol. The van der Waals surface area contributed by atoms with Gasteiger partial charge in [0.1, 0.15) is 0 Å². The molecule has 6 heteroatoms. The molecule has 1 aliphatic heterocycles. The van der Waals surface area contributed by atoms with Crippen LogP contribution in [0, 0.1) is 13.7 Å². The van der Waals surface area contributed by atoms with Crippen molar-refractivity contribution in [1.29, 1.82) is 0 Å². The minimum Gasteiger partial charge on any atom is -0.382 e. The molecule has 2 fully saturated rings. The van der Waals surface area contributed by atoms with Crippen molar-refractivity contribution in [3.63, 3.8) is 0 Å². The van der Waals surface area contributed by atoms with Gasteiger partial charge in [-0.3, -0.25) is 10.1 Å². The van der Waals surface area contributed by atoms with Crippen molar-refractivity contribution >= 4 is 34.0 Å². The van der Waals surface area contributed by atoms with E-state index in [1.807, 2.05) is 34.7 Å². The van der Waals surface area contributed by atoms with Crippen LogP contribution in [0.4, 0.5) is 11.4 Å². The van der Waals surface area contributed by atoms with Crippen molar-refractivity contribution < 1.29 is 4.92 Å². The third-order valence-corrected chi connectivity index (χ3v) is 5.32.